The molecule has 0 amide bonds. The molecule has 2 heterocycles. The predicted octanol–water partition coefficient (Wildman–Crippen LogP) is 1.95. The molecule has 0 saturated carbocycles. The number of nitrogens with zero attached hydrogens (tertiary/aromatic N) is 4. The molecule has 0 aliphatic rings. The molecule has 1 aromatic carbocycles. The van der Waals surface area contributed by atoms with E-state index in [2.05, 4.69) is 32.3 Å². The van der Waals surface area contributed by atoms with Gasteiger partial charge in [0.15, 0.2) is 0 Å². The lowest BCUT2D eigenvalue weighted by Gasteiger charge is -1.92. The maximum absolute atomic E-state index is 4.22. The van der Waals surface area contributed by atoms with Crippen LogP contribution in [0.25, 0.3) is 10.9 Å². The maximum Gasteiger partial charge on any atom is 0.139 e. The SMILES string of the molecule is Cc1[nH]c2ccccc2c1C=Nn1cncn1. The molecule has 0 spiro atoms. The van der Waals surface area contributed by atoms with Crippen LogP contribution in [0.3, 0.4) is 0 Å². The molecule has 17 heavy (non-hydrogen) atoms. The number of H-pyrrole nitrogens is 1. The van der Waals surface area contributed by atoms with Gasteiger partial charge >= 0.3 is 0 Å². The summed E-state index contributed by atoms with van der Waals surface area (Å²) >= 11 is 0. The first-order valence-corrected chi connectivity index (χ1v) is 5.31. The first-order chi connectivity index (χ1) is 8.34. The van der Waals surface area contributed by atoms with E-state index in [9.17, 15) is 0 Å². The second-order valence-corrected chi connectivity index (χ2v) is 3.77. The smallest absolute Gasteiger partial charge is 0.139 e. The molecule has 0 aliphatic carbocycles. The van der Waals surface area contributed by atoms with E-state index >= 15 is 0 Å². The van der Waals surface area contributed by atoms with E-state index in [1.807, 2.05) is 19.1 Å². The third-order valence-electron chi connectivity index (χ3n) is 2.66. The lowest BCUT2D eigenvalue weighted by atomic mass is 10.1. The number of benzene rings is 1. The van der Waals surface area contributed by atoms with Crippen LogP contribution in [0.2, 0.25) is 0 Å². The Balaban J connectivity index is 2.08. The third-order valence-corrected chi connectivity index (χ3v) is 2.66. The summed E-state index contributed by atoms with van der Waals surface area (Å²) in [6, 6.07) is 8.15. The number of aryl methyl sites for hydroxylation is 1. The molecule has 0 fully saturated rings. The Morgan fingerprint density at radius 1 is 1.35 bits per heavy atom. The van der Waals surface area contributed by atoms with Crippen LogP contribution in [0.5, 0.6) is 0 Å². The highest BCUT2D eigenvalue weighted by molar-refractivity contribution is 6.00. The Labute approximate surface area is 97.8 Å². The molecule has 0 radical (unpaired) electrons. The van der Waals surface area contributed by atoms with E-state index in [-0.39, 0.29) is 0 Å². The van der Waals surface area contributed by atoms with E-state index < -0.39 is 0 Å². The molecule has 0 saturated heterocycles. The molecule has 3 aromatic rings. The fraction of sp³-hybridized carbons (Fsp3) is 0.0833. The Morgan fingerprint density at radius 2 is 2.24 bits per heavy atom. The van der Waals surface area contributed by atoms with Gasteiger partial charge in [-0.2, -0.15) is 5.10 Å². The van der Waals surface area contributed by atoms with E-state index in [0.717, 1.165) is 22.2 Å². The van der Waals surface area contributed by atoms with Gasteiger partial charge in [-0.15, -0.1) is 9.89 Å². The van der Waals surface area contributed by atoms with Crippen molar-refractivity contribution in [1.29, 1.82) is 0 Å². The normalized spacial score (nSPS) is 11.6. The van der Waals surface area contributed by atoms with Crippen LogP contribution in [0.1, 0.15) is 11.3 Å². The molecule has 84 valence electrons. The molecule has 0 bridgehead atoms. The summed E-state index contributed by atoms with van der Waals surface area (Å²) in [4.78, 5) is 8.59. The van der Waals surface area contributed by atoms with Gasteiger partial charge in [0.05, 0.1) is 6.21 Å². The van der Waals surface area contributed by atoms with Crippen LogP contribution in [-0.2, 0) is 0 Å². The standard InChI is InChI=1S/C12H11N5/c1-9-11(6-14-17-8-13-7-15-17)10-4-2-3-5-12(10)16-9/h2-8,16H,1H3. The molecule has 1 N–H and O–H groups in total. The van der Waals surface area contributed by atoms with Gasteiger partial charge in [-0.05, 0) is 13.0 Å². The van der Waals surface area contributed by atoms with E-state index in [4.69, 9.17) is 0 Å². The Bertz CT molecular complexity index is 663. The average molecular weight is 225 g/mol. The van der Waals surface area contributed by atoms with Crippen molar-refractivity contribution in [3.8, 4) is 0 Å². The minimum atomic E-state index is 1.08. The first kappa shape index (κ1) is 9.77. The zero-order chi connectivity index (χ0) is 11.7. The van der Waals surface area contributed by atoms with Crippen molar-refractivity contribution in [2.24, 2.45) is 5.10 Å². The van der Waals surface area contributed by atoms with Crippen molar-refractivity contribution in [3.05, 3.63) is 48.2 Å². The van der Waals surface area contributed by atoms with Gasteiger partial charge in [0.25, 0.3) is 0 Å². The number of hydrogen-bond acceptors (Lipinski definition) is 3. The fourth-order valence-corrected chi connectivity index (χ4v) is 1.84. The summed E-state index contributed by atoms with van der Waals surface area (Å²) in [6.45, 7) is 2.03. The van der Waals surface area contributed by atoms with Crippen LogP contribution in [0.4, 0.5) is 0 Å². The van der Waals surface area contributed by atoms with Crippen molar-refractivity contribution in [1.82, 2.24) is 19.9 Å². The molecule has 0 atom stereocenters. The van der Waals surface area contributed by atoms with Gasteiger partial charge in [-0.1, -0.05) is 18.2 Å². The van der Waals surface area contributed by atoms with Gasteiger partial charge in [0.2, 0.25) is 0 Å². The molecule has 3 rings (SSSR count). The summed E-state index contributed by atoms with van der Waals surface area (Å²) in [5, 5.41) is 9.30. The number of para-hydroxylation sites is 1. The second-order valence-electron chi connectivity index (χ2n) is 3.77. The van der Waals surface area contributed by atoms with Gasteiger partial charge in [-0.25, -0.2) is 4.98 Å². The van der Waals surface area contributed by atoms with Crippen molar-refractivity contribution in [2.45, 2.75) is 6.92 Å². The highest BCUT2D eigenvalue weighted by atomic mass is 15.5. The van der Waals surface area contributed by atoms with Crippen molar-refractivity contribution < 1.29 is 0 Å². The Kier molecular flexibility index (Phi) is 2.22. The van der Waals surface area contributed by atoms with Crippen molar-refractivity contribution in [2.75, 3.05) is 0 Å². The molecule has 2 aromatic heterocycles. The molecular weight excluding hydrogens is 214 g/mol. The summed E-state index contributed by atoms with van der Waals surface area (Å²) in [5.74, 6) is 0. The number of nitrogens with one attached hydrogen (secondary N) is 1. The van der Waals surface area contributed by atoms with E-state index in [1.165, 1.54) is 11.1 Å². The quantitative estimate of drug-likeness (QED) is 0.677. The average Bonchev–Trinajstić information content (AvgIpc) is 2.93. The predicted molar refractivity (Wildman–Crippen MR) is 66.0 cm³/mol. The van der Waals surface area contributed by atoms with Gasteiger partial charge in [0, 0.05) is 22.2 Å². The monoisotopic (exact) mass is 225 g/mol. The summed E-state index contributed by atoms with van der Waals surface area (Å²) in [6.07, 6.45) is 4.81. The summed E-state index contributed by atoms with van der Waals surface area (Å²) < 4.78 is 0. The minimum Gasteiger partial charge on any atom is -0.358 e. The first-order valence-electron chi connectivity index (χ1n) is 5.31. The largest absolute Gasteiger partial charge is 0.358 e. The van der Waals surface area contributed by atoms with E-state index in [0.29, 0.717) is 0 Å². The molecular formula is C12H11N5. The third kappa shape index (κ3) is 1.71. The zero-order valence-electron chi connectivity index (χ0n) is 9.33. The van der Waals surface area contributed by atoms with Gasteiger partial charge < -0.3 is 4.98 Å². The molecule has 5 nitrogen and oxygen atoms in total. The molecule has 0 unspecified atom stereocenters. The van der Waals surface area contributed by atoms with Crippen LogP contribution in [0, 0.1) is 6.92 Å². The van der Waals surface area contributed by atoms with Crippen LogP contribution in [0.15, 0.2) is 42.0 Å². The fourth-order valence-electron chi connectivity index (χ4n) is 1.84. The number of fused-ring (bicyclic) bond motifs is 1. The Hall–Kier alpha value is -2.43. The van der Waals surface area contributed by atoms with E-state index in [1.54, 1.807) is 12.5 Å². The van der Waals surface area contributed by atoms with Crippen LogP contribution >= 0.6 is 0 Å². The van der Waals surface area contributed by atoms with Crippen molar-refractivity contribution >= 4 is 17.1 Å². The summed E-state index contributed by atoms with van der Waals surface area (Å²) in [5.41, 5.74) is 3.29. The van der Waals surface area contributed by atoms with Crippen LogP contribution < -0.4 is 0 Å². The highest BCUT2D eigenvalue weighted by Crippen LogP contribution is 2.19. The second kappa shape index (κ2) is 3.86. The highest BCUT2D eigenvalue weighted by Gasteiger charge is 2.04. The number of aromatic nitrogens is 4. The van der Waals surface area contributed by atoms with Crippen molar-refractivity contribution in [3.63, 3.8) is 0 Å². The zero-order valence-corrected chi connectivity index (χ0v) is 9.33. The lowest BCUT2D eigenvalue weighted by Crippen LogP contribution is -1.91. The van der Waals surface area contributed by atoms with Gasteiger partial charge in [-0.3, -0.25) is 0 Å². The minimum absolute atomic E-state index is 1.08. The number of rotatable bonds is 2. The molecule has 5 heteroatoms. The summed E-state index contributed by atoms with van der Waals surface area (Å²) in [7, 11) is 0. The van der Waals surface area contributed by atoms with Crippen LogP contribution in [-0.4, -0.2) is 26.1 Å². The number of hydrogen-bond donors (Lipinski definition) is 1. The molecule has 0 aliphatic heterocycles. The number of aromatic amines is 1. The maximum atomic E-state index is 4.22. The Morgan fingerprint density at radius 3 is 3.06 bits per heavy atom. The van der Waals surface area contributed by atoms with Gasteiger partial charge in [0.1, 0.15) is 12.7 Å². The lowest BCUT2D eigenvalue weighted by molar-refractivity contribution is 0.743. The topological polar surface area (TPSA) is 58.9 Å².